The van der Waals surface area contributed by atoms with Crippen LogP contribution in [0.5, 0.6) is 0 Å². The summed E-state index contributed by atoms with van der Waals surface area (Å²) in [6.07, 6.45) is -0.594. The molecule has 0 bridgehead atoms. The molecule has 72 valence electrons. The lowest BCUT2D eigenvalue weighted by atomic mass is 10.1. The smallest absolute Gasteiger partial charge is 0.308 e. The van der Waals surface area contributed by atoms with Crippen LogP contribution in [0.1, 0.15) is 34.1 Å². The molecule has 0 aliphatic rings. The molecule has 3 nitrogen and oxygen atoms in total. The quantitative estimate of drug-likeness (QED) is 0.654. The lowest BCUT2D eigenvalue weighted by Crippen LogP contribution is -2.22. The van der Waals surface area contributed by atoms with Gasteiger partial charge in [-0.25, -0.2) is 0 Å². The Balaban J connectivity index is 3.69. The standard InChI is InChI=1S/C9H18O3/c1-6(2)8(10)5-9(11)12-7(3)4/h6-8,10H,5H2,1-4H3/t8-/m0/s1. The number of esters is 1. The van der Waals surface area contributed by atoms with Gasteiger partial charge in [-0.05, 0) is 19.8 Å². The van der Waals surface area contributed by atoms with Crippen LogP contribution in [-0.4, -0.2) is 23.3 Å². The number of aliphatic hydroxyl groups is 1. The van der Waals surface area contributed by atoms with Gasteiger partial charge in [-0.15, -0.1) is 0 Å². The lowest BCUT2D eigenvalue weighted by molar-refractivity contribution is -0.150. The lowest BCUT2D eigenvalue weighted by Gasteiger charge is -2.14. The fourth-order valence-electron chi connectivity index (χ4n) is 0.717. The van der Waals surface area contributed by atoms with Crippen LogP contribution < -0.4 is 0 Å². The fourth-order valence-corrected chi connectivity index (χ4v) is 0.717. The van der Waals surface area contributed by atoms with Crippen LogP contribution in [0.3, 0.4) is 0 Å². The molecule has 0 saturated carbocycles. The van der Waals surface area contributed by atoms with E-state index in [-0.39, 0.29) is 24.4 Å². The minimum atomic E-state index is -0.587. The first-order valence-electron chi connectivity index (χ1n) is 4.31. The van der Waals surface area contributed by atoms with Crippen molar-refractivity contribution in [1.82, 2.24) is 0 Å². The van der Waals surface area contributed by atoms with E-state index in [1.54, 1.807) is 13.8 Å². The van der Waals surface area contributed by atoms with Crippen molar-refractivity contribution in [2.24, 2.45) is 5.92 Å². The van der Waals surface area contributed by atoms with Crippen LogP contribution in [0.15, 0.2) is 0 Å². The second-order valence-corrected chi connectivity index (χ2v) is 3.55. The Bertz CT molecular complexity index is 141. The summed E-state index contributed by atoms with van der Waals surface area (Å²) in [4.78, 5) is 11.0. The van der Waals surface area contributed by atoms with Crippen LogP contribution in [0, 0.1) is 5.92 Å². The van der Waals surface area contributed by atoms with E-state index < -0.39 is 6.10 Å². The first-order chi connectivity index (χ1) is 5.43. The van der Waals surface area contributed by atoms with Crippen LogP contribution in [-0.2, 0) is 9.53 Å². The zero-order chi connectivity index (χ0) is 9.72. The van der Waals surface area contributed by atoms with Crippen molar-refractivity contribution >= 4 is 5.97 Å². The second kappa shape index (κ2) is 5.14. The maximum absolute atomic E-state index is 11.0. The average Bonchev–Trinajstić information content (AvgIpc) is 1.84. The predicted octanol–water partition coefficient (Wildman–Crippen LogP) is 1.34. The predicted molar refractivity (Wildman–Crippen MR) is 46.7 cm³/mol. The summed E-state index contributed by atoms with van der Waals surface area (Å²) in [5, 5.41) is 9.31. The molecule has 1 atom stereocenters. The van der Waals surface area contributed by atoms with Crippen molar-refractivity contribution in [2.75, 3.05) is 0 Å². The van der Waals surface area contributed by atoms with Crippen LogP contribution in [0.4, 0.5) is 0 Å². The van der Waals surface area contributed by atoms with Gasteiger partial charge in [0.1, 0.15) is 0 Å². The van der Waals surface area contributed by atoms with E-state index in [4.69, 9.17) is 4.74 Å². The fraction of sp³-hybridized carbons (Fsp3) is 0.889. The summed E-state index contributed by atoms with van der Waals surface area (Å²) in [5.41, 5.74) is 0. The Kier molecular flexibility index (Phi) is 4.90. The van der Waals surface area contributed by atoms with E-state index in [9.17, 15) is 9.90 Å². The summed E-state index contributed by atoms with van der Waals surface area (Å²) in [7, 11) is 0. The summed E-state index contributed by atoms with van der Waals surface area (Å²) in [6, 6.07) is 0. The molecule has 0 aromatic heterocycles. The number of carbonyl (C=O) groups is 1. The highest BCUT2D eigenvalue weighted by Crippen LogP contribution is 2.07. The van der Waals surface area contributed by atoms with Gasteiger partial charge in [0, 0.05) is 0 Å². The molecule has 0 aromatic carbocycles. The molecule has 0 heterocycles. The van der Waals surface area contributed by atoms with Crippen LogP contribution in [0.2, 0.25) is 0 Å². The Labute approximate surface area is 73.7 Å². The number of ether oxygens (including phenoxy) is 1. The van der Waals surface area contributed by atoms with E-state index in [1.165, 1.54) is 0 Å². The molecule has 0 aromatic rings. The minimum absolute atomic E-state index is 0.0931. The molecule has 0 rings (SSSR count). The Hall–Kier alpha value is -0.570. The van der Waals surface area contributed by atoms with Gasteiger partial charge < -0.3 is 9.84 Å². The monoisotopic (exact) mass is 174 g/mol. The molecular weight excluding hydrogens is 156 g/mol. The molecule has 0 aliphatic carbocycles. The SMILES string of the molecule is CC(C)OC(=O)C[C@H](O)C(C)C. The maximum atomic E-state index is 11.0. The van der Waals surface area contributed by atoms with Crippen molar-refractivity contribution in [3.05, 3.63) is 0 Å². The van der Waals surface area contributed by atoms with Crippen molar-refractivity contribution in [3.8, 4) is 0 Å². The molecule has 3 heteroatoms. The molecule has 1 N–H and O–H groups in total. The van der Waals surface area contributed by atoms with Crippen molar-refractivity contribution < 1.29 is 14.6 Å². The van der Waals surface area contributed by atoms with Gasteiger partial charge in [0.25, 0.3) is 0 Å². The number of hydrogen-bond donors (Lipinski definition) is 1. The highest BCUT2D eigenvalue weighted by Gasteiger charge is 2.15. The number of carbonyl (C=O) groups excluding carboxylic acids is 1. The van der Waals surface area contributed by atoms with E-state index in [0.717, 1.165) is 0 Å². The van der Waals surface area contributed by atoms with Gasteiger partial charge in [-0.2, -0.15) is 0 Å². The minimum Gasteiger partial charge on any atom is -0.463 e. The molecule has 12 heavy (non-hydrogen) atoms. The first-order valence-corrected chi connectivity index (χ1v) is 4.31. The summed E-state index contributed by atoms with van der Waals surface area (Å²) in [6.45, 7) is 7.32. The summed E-state index contributed by atoms with van der Waals surface area (Å²) >= 11 is 0. The van der Waals surface area contributed by atoms with Crippen molar-refractivity contribution in [3.63, 3.8) is 0 Å². The average molecular weight is 174 g/mol. The molecule has 0 spiro atoms. The van der Waals surface area contributed by atoms with Gasteiger partial charge in [0.2, 0.25) is 0 Å². The Morgan fingerprint density at radius 1 is 1.33 bits per heavy atom. The van der Waals surface area contributed by atoms with E-state index in [2.05, 4.69) is 0 Å². The first kappa shape index (κ1) is 11.4. The molecule has 0 unspecified atom stereocenters. The highest BCUT2D eigenvalue weighted by atomic mass is 16.5. The van der Waals surface area contributed by atoms with Gasteiger partial charge in [-0.3, -0.25) is 4.79 Å². The van der Waals surface area contributed by atoms with Crippen molar-refractivity contribution in [2.45, 2.75) is 46.3 Å². The Morgan fingerprint density at radius 2 is 1.83 bits per heavy atom. The maximum Gasteiger partial charge on any atom is 0.308 e. The summed E-state index contributed by atoms with van der Waals surface area (Å²) < 4.78 is 4.87. The van der Waals surface area contributed by atoms with Gasteiger partial charge in [0.15, 0.2) is 0 Å². The van der Waals surface area contributed by atoms with Crippen LogP contribution >= 0.6 is 0 Å². The molecule has 0 amide bonds. The third-order valence-electron chi connectivity index (χ3n) is 1.51. The highest BCUT2D eigenvalue weighted by molar-refractivity contribution is 5.70. The van der Waals surface area contributed by atoms with Gasteiger partial charge >= 0.3 is 5.97 Å². The van der Waals surface area contributed by atoms with Gasteiger partial charge in [-0.1, -0.05) is 13.8 Å². The number of rotatable bonds is 4. The van der Waals surface area contributed by atoms with E-state index >= 15 is 0 Å². The molecule has 0 fully saturated rings. The molecule has 0 saturated heterocycles. The Morgan fingerprint density at radius 3 is 2.17 bits per heavy atom. The summed E-state index contributed by atoms with van der Waals surface area (Å²) in [5.74, 6) is -0.226. The number of hydrogen-bond acceptors (Lipinski definition) is 3. The molecular formula is C9H18O3. The third kappa shape index (κ3) is 5.13. The third-order valence-corrected chi connectivity index (χ3v) is 1.51. The number of aliphatic hydroxyl groups excluding tert-OH is 1. The van der Waals surface area contributed by atoms with Crippen LogP contribution in [0.25, 0.3) is 0 Å². The molecule has 0 aliphatic heterocycles. The zero-order valence-electron chi connectivity index (χ0n) is 8.20. The molecule has 0 radical (unpaired) electrons. The zero-order valence-corrected chi connectivity index (χ0v) is 8.20. The topological polar surface area (TPSA) is 46.5 Å². The van der Waals surface area contributed by atoms with Gasteiger partial charge in [0.05, 0.1) is 18.6 Å². The van der Waals surface area contributed by atoms with Crippen molar-refractivity contribution in [1.29, 1.82) is 0 Å². The largest absolute Gasteiger partial charge is 0.463 e. The van der Waals surface area contributed by atoms with E-state index in [0.29, 0.717) is 0 Å². The second-order valence-electron chi connectivity index (χ2n) is 3.55. The van der Waals surface area contributed by atoms with E-state index in [1.807, 2.05) is 13.8 Å². The normalized spacial score (nSPS) is 13.6.